The first-order valence-electron chi connectivity index (χ1n) is 6.22. The van der Waals surface area contributed by atoms with Gasteiger partial charge in [0.25, 0.3) is 0 Å². The fraction of sp³-hybridized carbons (Fsp3) is 0.636. The summed E-state index contributed by atoms with van der Waals surface area (Å²) < 4.78 is 0. The van der Waals surface area contributed by atoms with Crippen molar-refractivity contribution in [3.8, 4) is 0 Å². The molecule has 1 aromatic rings. The maximum Gasteiger partial charge on any atom is 0.323 e. The molecule has 7 nitrogen and oxygen atoms in total. The van der Waals surface area contributed by atoms with Crippen molar-refractivity contribution in [2.45, 2.75) is 38.6 Å². The van der Waals surface area contributed by atoms with Gasteiger partial charge < -0.3 is 10.0 Å². The summed E-state index contributed by atoms with van der Waals surface area (Å²) in [4.78, 5) is 24.2. The standard InChI is InChI=1S/C11H16N4O3S/c1-2-8-13-14-10(19-8)12-11(18)15(7-3-4-7)6-5-9(16)17/h7H,2-6H2,1H3,(H,16,17)(H,12,14,18). The minimum atomic E-state index is -0.900. The number of urea groups is 1. The van der Waals surface area contributed by atoms with E-state index in [1.165, 1.54) is 11.3 Å². The van der Waals surface area contributed by atoms with Crippen LogP contribution in [0.5, 0.6) is 0 Å². The highest BCUT2D eigenvalue weighted by molar-refractivity contribution is 7.15. The molecule has 1 saturated carbocycles. The number of nitrogens with zero attached hydrogens (tertiary/aromatic N) is 3. The number of aryl methyl sites for hydroxylation is 1. The van der Waals surface area contributed by atoms with Crippen LogP contribution >= 0.6 is 11.3 Å². The zero-order valence-corrected chi connectivity index (χ0v) is 11.4. The van der Waals surface area contributed by atoms with Crippen molar-refractivity contribution in [1.82, 2.24) is 15.1 Å². The van der Waals surface area contributed by atoms with Gasteiger partial charge in [-0.1, -0.05) is 18.3 Å². The van der Waals surface area contributed by atoms with Crippen LogP contribution in [0.15, 0.2) is 0 Å². The van der Waals surface area contributed by atoms with E-state index in [4.69, 9.17) is 5.11 Å². The van der Waals surface area contributed by atoms with E-state index in [1.54, 1.807) is 4.90 Å². The Morgan fingerprint density at radius 1 is 1.47 bits per heavy atom. The number of carbonyl (C=O) groups excluding carboxylic acids is 1. The molecule has 2 rings (SSSR count). The summed E-state index contributed by atoms with van der Waals surface area (Å²) >= 11 is 1.34. The lowest BCUT2D eigenvalue weighted by molar-refractivity contribution is -0.137. The lowest BCUT2D eigenvalue weighted by atomic mass is 10.4. The molecule has 0 saturated heterocycles. The van der Waals surface area contributed by atoms with E-state index in [0.717, 1.165) is 24.3 Å². The SMILES string of the molecule is CCc1nnc(NC(=O)N(CCC(=O)O)C2CC2)s1. The first-order valence-corrected chi connectivity index (χ1v) is 7.03. The first-order chi connectivity index (χ1) is 9.10. The largest absolute Gasteiger partial charge is 0.481 e. The number of carboxylic acids is 1. The Balaban J connectivity index is 1.93. The Morgan fingerprint density at radius 2 is 2.21 bits per heavy atom. The van der Waals surface area contributed by atoms with Crippen LogP contribution < -0.4 is 5.32 Å². The molecular formula is C11H16N4O3S. The van der Waals surface area contributed by atoms with Gasteiger partial charge in [-0.25, -0.2) is 4.79 Å². The quantitative estimate of drug-likeness (QED) is 0.826. The number of carbonyl (C=O) groups is 2. The molecule has 19 heavy (non-hydrogen) atoms. The van der Waals surface area contributed by atoms with E-state index < -0.39 is 5.97 Å². The van der Waals surface area contributed by atoms with E-state index in [9.17, 15) is 9.59 Å². The van der Waals surface area contributed by atoms with Crippen molar-refractivity contribution in [3.05, 3.63) is 5.01 Å². The molecule has 1 aromatic heterocycles. The molecule has 0 aliphatic heterocycles. The second kappa shape index (κ2) is 5.96. The summed E-state index contributed by atoms with van der Waals surface area (Å²) in [6.45, 7) is 2.20. The molecule has 0 unspecified atom stereocenters. The van der Waals surface area contributed by atoms with Gasteiger partial charge in [0.15, 0.2) is 0 Å². The van der Waals surface area contributed by atoms with Gasteiger partial charge in [0, 0.05) is 12.6 Å². The molecule has 0 radical (unpaired) electrons. The monoisotopic (exact) mass is 284 g/mol. The number of carboxylic acid groups (broad SMARTS) is 1. The highest BCUT2D eigenvalue weighted by Gasteiger charge is 2.33. The topological polar surface area (TPSA) is 95.4 Å². The summed E-state index contributed by atoms with van der Waals surface area (Å²) in [7, 11) is 0. The third-order valence-electron chi connectivity index (χ3n) is 2.80. The predicted molar refractivity (Wildman–Crippen MR) is 70.3 cm³/mol. The summed E-state index contributed by atoms with van der Waals surface area (Å²) in [5.41, 5.74) is 0. The van der Waals surface area contributed by atoms with Gasteiger partial charge in [-0.2, -0.15) is 0 Å². The molecule has 2 N–H and O–H groups in total. The second-order valence-electron chi connectivity index (χ2n) is 4.35. The Kier molecular flexibility index (Phi) is 4.31. The molecule has 0 aromatic carbocycles. The number of aromatic nitrogens is 2. The molecule has 104 valence electrons. The summed E-state index contributed by atoms with van der Waals surface area (Å²) in [5, 5.41) is 20.5. The smallest absolute Gasteiger partial charge is 0.323 e. The molecule has 0 spiro atoms. The van der Waals surface area contributed by atoms with Gasteiger partial charge in [-0.05, 0) is 19.3 Å². The average Bonchev–Trinajstić information content (AvgIpc) is 3.09. The van der Waals surface area contributed by atoms with Crippen LogP contribution in [0, 0.1) is 0 Å². The van der Waals surface area contributed by atoms with Crippen LogP contribution in [0.4, 0.5) is 9.93 Å². The number of hydrogen-bond donors (Lipinski definition) is 2. The summed E-state index contributed by atoms with van der Waals surface area (Å²) in [5.74, 6) is -0.900. The highest BCUT2D eigenvalue weighted by Crippen LogP contribution is 2.28. The molecule has 0 atom stereocenters. The molecule has 1 aliphatic carbocycles. The number of nitrogens with one attached hydrogen (secondary N) is 1. The predicted octanol–water partition coefficient (Wildman–Crippen LogP) is 1.57. The van der Waals surface area contributed by atoms with Crippen molar-refractivity contribution >= 4 is 28.5 Å². The fourth-order valence-electron chi connectivity index (χ4n) is 1.66. The van der Waals surface area contributed by atoms with Gasteiger partial charge in [0.1, 0.15) is 5.01 Å². The van der Waals surface area contributed by atoms with Gasteiger partial charge in [0.05, 0.1) is 6.42 Å². The Labute approximate surface area is 114 Å². The number of amides is 2. The van der Waals surface area contributed by atoms with Gasteiger partial charge in [-0.15, -0.1) is 10.2 Å². The maximum atomic E-state index is 12.1. The molecular weight excluding hydrogens is 268 g/mol. The minimum Gasteiger partial charge on any atom is -0.481 e. The lowest BCUT2D eigenvalue weighted by Crippen LogP contribution is -2.38. The maximum absolute atomic E-state index is 12.1. The van der Waals surface area contributed by atoms with E-state index in [1.807, 2.05) is 6.92 Å². The molecule has 8 heteroatoms. The van der Waals surface area contributed by atoms with Crippen molar-refractivity contribution in [1.29, 1.82) is 0 Å². The molecule has 0 bridgehead atoms. The van der Waals surface area contributed by atoms with Gasteiger partial charge >= 0.3 is 12.0 Å². The van der Waals surface area contributed by atoms with E-state index in [-0.39, 0.29) is 25.0 Å². The first kappa shape index (κ1) is 13.7. The Bertz CT molecular complexity index is 472. The fourth-order valence-corrected chi connectivity index (χ4v) is 2.33. The van der Waals surface area contributed by atoms with Crippen molar-refractivity contribution in [2.24, 2.45) is 0 Å². The Hall–Kier alpha value is -1.70. The van der Waals surface area contributed by atoms with Crippen molar-refractivity contribution in [3.63, 3.8) is 0 Å². The van der Waals surface area contributed by atoms with Crippen molar-refractivity contribution < 1.29 is 14.7 Å². The van der Waals surface area contributed by atoms with E-state index in [0.29, 0.717) is 5.13 Å². The number of aliphatic carboxylic acids is 1. The molecule has 1 heterocycles. The molecule has 1 aliphatic rings. The zero-order chi connectivity index (χ0) is 13.8. The van der Waals surface area contributed by atoms with Crippen LogP contribution in [0.1, 0.15) is 31.2 Å². The van der Waals surface area contributed by atoms with Gasteiger partial charge in [-0.3, -0.25) is 10.1 Å². The van der Waals surface area contributed by atoms with Crippen LogP contribution in [0.2, 0.25) is 0 Å². The Morgan fingerprint density at radius 3 is 2.74 bits per heavy atom. The third kappa shape index (κ3) is 3.88. The average molecular weight is 284 g/mol. The number of anilines is 1. The molecule has 2 amide bonds. The second-order valence-corrected chi connectivity index (χ2v) is 5.42. The van der Waals surface area contributed by atoms with Crippen LogP contribution in [0.25, 0.3) is 0 Å². The van der Waals surface area contributed by atoms with Crippen LogP contribution in [-0.4, -0.2) is 44.8 Å². The third-order valence-corrected chi connectivity index (χ3v) is 3.78. The summed E-state index contributed by atoms with van der Waals surface area (Å²) in [6, 6.07) is -0.125. The lowest BCUT2D eigenvalue weighted by Gasteiger charge is -2.21. The number of rotatable bonds is 6. The van der Waals surface area contributed by atoms with E-state index in [2.05, 4.69) is 15.5 Å². The number of hydrogen-bond acceptors (Lipinski definition) is 5. The van der Waals surface area contributed by atoms with Crippen molar-refractivity contribution in [2.75, 3.05) is 11.9 Å². The zero-order valence-electron chi connectivity index (χ0n) is 10.6. The van der Waals surface area contributed by atoms with Crippen LogP contribution in [-0.2, 0) is 11.2 Å². The summed E-state index contributed by atoms with van der Waals surface area (Å²) in [6.07, 6.45) is 2.60. The van der Waals surface area contributed by atoms with Gasteiger partial charge in [0.2, 0.25) is 5.13 Å². The minimum absolute atomic E-state index is 0.0414. The normalized spacial score (nSPS) is 14.2. The van der Waals surface area contributed by atoms with E-state index >= 15 is 0 Å². The van der Waals surface area contributed by atoms with Crippen LogP contribution in [0.3, 0.4) is 0 Å². The molecule has 1 fully saturated rings. The highest BCUT2D eigenvalue weighted by atomic mass is 32.1.